The molecule has 3 rings (SSSR count). The van der Waals surface area contributed by atoms with E-state index >= 15 is 0 Å². The van der Waals surface area contributed by atoms with Gasteiger partial charge in [0.2, 0.25) is 0 Å². The number of hydrogen-bond acceptors (Lipinski definition) is 1. The molecule has 0 amide bonds. The lowest BCUT2D eigenvalue weighted by Crippen LogP contribution is -2.41. The third-order valence-electron chi connectivity index (χ3n) is 5.18. The Morgan fingerprint density at radius 3 is 2.50 bits per heavy atom. The molecule has 0 atom stereocenters. The van der Waals surface area contributed by atoms with Gasteiger partial charge < -0.3 is 4.90 Å². The lowest BCUT2D eigenvalue weighted by molar-refractivity contribution is 0.289. The van der Waals surface area contributed by atoms with E-state index in [0.29, 0.717) is 5.41 Å². The zero-order valence-corrected chi connectivity index (χ0v) is 14.0. The molecular weight excluding hydrogens is 310 g/mol. The van der Waals surface area contributed by atoms with E-state index in [9.17, 15) is 0 Å². The highest BCUT2D eigenvalue weighted by molar-refractivity contribution is 9.09. The molecule has 1 saturated carbocycles. The van der Waals surface area contributed by atoms with Crippen LogP contribution in [-0.2, 0) is 6.42 Å². The molecule has 1 aromatic carbocycles. The van der Waals surface area contributed by atoms with E-state index in [1.807, 2.05) is 0 Å². The van der Waals surface area contributed by atoms with Gasteiger partial charge in [-0.3, -0.25) is 0 Å². The van der Waals surface area contributed by atoms with Crippen LogP contribution >= 0.6 is 15.9 Å². The fourth-order valence-electron chi connectivity index (χ4n) is 3.99. The normalized spacial score (nSPS) is 22.1. The van der Waals surface area contributed by atoms with Crippen molar-refractivity contribution in [2.24, 2.45) is 5.41 Å². The molecule has 0 N–H and O–H groups in total. The van der Waals surface area contributed by atoms with Crippen LogP contribution in [0.5, 0.6) is 0 Å². The first-order valence-electron chi connectivity index (χ1n) is 8.22. The second-order valence-corrected chi connectivity index (χ2v) is 7.26. The number of nitrogens with zero attached hydrogens (tertiary/aromatic N) is 1. The zero-order chi connectivity index (χ0) is 13.8. The molecule has 1 aliphatic heterocycles. The second kappa shape index (κ2) is 6.51. The van der Waals surface area contributed by atoms with E-state index in [1.165, 1.54) is 75.5 Å². The Morgan fingerprint density at radius 1 is 1.00 bits per heavy atom. The smallest absolute Gasteiger partial charge is 0.0398 e. The van der Waals surface area contributed by atoms with E-state index < -0.39 is 0 Å². The Labute approximate surface area is 131 Å². The number of rotatable bonds is 3. The minimum Gasteiger partial charge on any atom is -0.371 e. The standard InChI is InChI=1S/C18H26BrN/c19-14-18(11-5-1-2-6-12-18)15-20-13-7-9-16-8-3-4-10-17(16)20/h3-4,8,10H,1-2,5-7,9,11-15H2. The Balaban J connectivity index is 1.79. The summed E-state index contributed by atoms with van der Waals surface area (Å²) < 4.78 is 0. The first-order valence-corrected chi connectivity index (χ1v) is 9.34. The van der Waals surface area contributed by atoms with Crippen LogP contribution < -0.4 is 4.90 Å². The predicted octanol–water partition coefficient (Wildman–Crippen LogP) is 5.17. The average Bonchev–Trinajstić information content (AvgIpc) is 2.74. The summed E-state index contributed by atoms with van der Waals surface area (Å²) in [5.74, 6) is 0. The first kappa shape index (κ1) is 14.4. The molecule has 2 aliphatic rings. The van der Waals surface area contributed by atoms with Crippen LogP contribution in [-0.4, -0.2) is 18.4 Å². The van der Waals surface area contributed by atoms with Crippen LogP contribution in [0, 0.1) is 5.41 Å². The minimum atomic E-state index is 0.501. The van der Waals surface area contributed by atoms with Gasteiger partial charge in [-0.2, -0.15) is 0 Å². The molecule has 20 heavy (non-hydrogen) atoms. The lowest BCUT2D eigenvalue weighted by atomic mass is 9.81. The van der Waals surface area contributed by atoms with Crippen molar-refractivity contribution in [1.29, 1.82) is 0 Å². The van der Waals surface area contributed by atoms with Crippen LogP contribution in [0.3, 0.4) is 0 Å². The SMILES string of the molecule is BrCC1(CN2CCCc3ccccc32)CCCCCC1. The number of benzene rings is 1. The summed E-state index contributed by atoms with van der Waals surface area (Å²) in [7, 11) is 0. The number of para-hydroxylation sites is 1. The lowest BCUT2D eigenvalue weighted by Gasteiger charge is -2.40. The van der Waals surface area contributed by atoms with E-state index in [0.717, 1.165) is 0 Å². The first-order chi connectivity index (χ1) is 9.83. The Kier molecular flexibility index (Phi) is 4.70. The summed E-state index contributed by atoms with van der Waals surface area (Å²) in [4.78, 5) is 2.67. The Hall–Kier alpha value is -0.500. The molecule has 1 fully saturated rings. The second-order valence-electron chi connectivity index (χ2n) is 6.70. The monoisotopic (exact) mass is 335 g/mol. The van der Waals surface area contributed by atoms with Crippen molar-refractivity contribution in [3.8, 4) is 0 Å². The van der Waals surface area contributed by atoms with Crippen LogP contribution in [0.15, 0.2) is 24.3 Å². The highest BCUT2D eigenvalue weighted by Gasteiger charge is 2.33. The molecule has 0 unspecified atom stereocenters. The van der Waals surface area contributed by atoms with Crippen molar-refractivity contribution in [3.05, 3.63) is 29.8 Å². The number of hydrogen-bond donors (Lipinski definition) is 0. The van der Waals surface area contributed by atoms with Crippen LogP contribution in [0.25, 0.3) is 0 Å². The highest BCUT2D eigenvalue weighted by atomic mass is 79.9. The summed E-state index contributed by atoms with van der Waals surface area (Å²) in [5.41, 5.74) is 3.56. The Bertz CT molecular complexity index is 435. The van der Waals surface area contributed by atoms with Crippen molar-refractivity contribution in [1.82, 2.24) is 0 Å². The van der Waals surface area contributed by atoms with Crippen LogP contribution in [0.4, 0.5) is 5.69 Å². The number of anilines is 1. The fourth-order valence-corrected chi connectivity index (χ4v) is 4.73. The molecule has 2 heteroatoms. The van der Waals surface area contributed by atoms with E-state index in [2.05, 4.69) is 45.1 Å². The third kappa shape index (κ3) is 3.05. The van der Waals surface area contributed by atoms with Gasteiger partial charge in [-0.25, -0.2) is 0 Å². The number of halogens is 1. The molecule has 0 saturated heterocycles. The van der Waals surface area contributed by atoms with E-state index in [4.69, 9.17) is 0 Å². The summed E-state index contributed by atoms with van der Waals surface area (Å²) in [6.07, 6.45) is 11.1. The summed E-state index contributed by atoms with van der Waals surface area (Å²) in [6.45, 7) is 2.49. The quantitative estimate of drug-likeness (QED) is 0.543. The molecule has 110 valence electrons. The summed E-state index contributed by atoms with van der Waals surface area (Å²) in [6, 6.07) is 9.03. The zero-order valence-electron chi connectivity index (χ0n) is 12.4. The van der Waals surface area contributed by atoms with Gasteiger partial charge in [0.25, 0.3) is 0 Å². The fraction of sp³-hybridized carbons (Fsp3) is 0.667. The van der Waals surface area contributed by atoms with Gasteiger partial charge in [0.05, 0.1) is 0 Å². The predicted molar refractivity (Wildman–Crippen MR) is 90.9 cm³/mol. The number of aryl methyl sites for hydroxylation is 1. The van der Waals surface area contributed by atoms with Gasteiger partial charge in [-0.1, -0.05) is 59.8 Å². The van der Waals surface area contributed by atoms with Gasteiger partial charge in [0, 0.05) is 24.1 Å². The largest absolute Gasteiger partial charge is 0.371 e. The maximum atomic E-state index is 3.84. The van der Waals surface area contributed by atoms with Crippen molar-refractivity contribution >= 4 is 21.6 Å². The van der Waals surface area contributed by atoms with E-state index in [1.54, 1.807) is 5.56 Å². The number of alkyl halides is 1. The maximum Gasteiger partial charge on any atom is 0.0398 e. The van der Waals surface area contributed by atoms with Gasteiger partial charge >= 0.3 is 0 Å². The van der Waals surface area contributed by atoms with Crippen molar-refractivity contribution in [2.75, 3.05) is 23.3 Å². The van der Waals surface area contributed by atoms with Gasteiger partial charge in [-0.15, -0.1) is 0 Å². The van der Waals surface area contributed by atoms with Crippen molar-refractivity contribution in [3.63, 3.8) is 0 Å². The van der Waals surface area contributed by atoms with Crippen molar-refractivity contribution in [2.45, 2.75) is 51.4 Å². The topological polar surface area (TPSA) is 3.24 Å². The third-order valence-corrected chi connectivity index (χ3v) is 6.37. The van der Waals surface area contributed by atoms with Crippen molar-refractivity contribution < 1.29 is 0 Å². The molecule has 1 nitrogen and oxygen atoms in total. The van der Waals surface area contributed by atoms with E-state index in [-0.39, 0.29) is 0 Å². The minimum absolute atomic E-state index is 0.501. The summed E-state index contributed by atoms with van der Waals surface area (Å²) >= 11 is 3.84. The molecule has 1 heterocycles. The number of fused-ring (bicyclic) bond motifs is 1. The Morgan fingerprint density at radius 2 is 1.75 bits per heavy atom. The molecule has 1 aromatic rings. The van der Waals surface area contributed by atoms with Gasteiger partial charge in [0.1, 0.15) is 0 Å². The molecular formula is C18H26BrN. The molecule has 0 bridgehead atoms. The average molecular weight is 336 g/mol. The molecule has 1 aliphatic carbocycles. The van der Waals surface area contributed by atoms with Gasteiger partial charge in [0.15, 0.2) is 0 Å². The molecule has 0 spiro atoms. The molecule has 0 radical (unpaired) electrons. The maximum absolute atomic E-state index is 3.84. The van der Waals surface area contributed by atoms with Gasteiger partial charge in [-0.05, 0) is 42.7 Å². The highest BCUT2D eigenvalue weighted by Crippen LogP contribution is 2.39. The molecule has 0 aromatic heterocycles. The summed E-state index contributed by atoms with van der Waals surface area (Å²) in [5, 5.41) is 1.17. The van der Waals surface area contributed by atoms with Crippen LogP contribution in [0.2, 0.25) is 0 Å². The van der Waals surface area contributed by atoms with Crippen LogP contribution in [0.1, 0.15) is 50.5 Å².